The van der Waals surface area contributed by atoms with E-state index in [2.05, 4.69) is 10.3 Å². The third-order valence-corrected chi connectivity index (χ3v) is 6.18. The van der Waals surface area contributed by atoms with Gasteiger partial charge in [-0.15, -0.1) is 0 Å². The van der Waals surface area contributed by atoms with Gasteiger partial charge in [-0.1, -0.05) is 11.6 Å². The van der Waals surface area contributed by atoms with Crippen molar-refractivity contribution in [2.45, 2.75) is 24.8 Å². The molecule has 0 fully saturated rings. The van der Waals surface area contributed by atoms with Gasteiger partial charge in [-0.25, -0.2) is 9.37 Å². The number of aliphatic hydroxyl groups excluding tert-OH is 1. The van der Waals surface area contributed by atoms with Crippen LogP contribution in [0.15, 0.2) is 48.5 Å². The molecule has 1 amide bonds. The van der Waals surface area contributed by atoms with Crippen molar-refractivity contribution < 1.29 is 46.4 Å². The zero-order valence-electron chi connectivity index (χ0n) is 21.9. The number of hydrogen-bond donors (Lipinski definition) is 2. The summed E-state index contributed by atoms with van der Waals surface area (Å²) < 4.78 is 78.4. The van der Waals surface area contributed by atoms with Crippen LogP contribution in [0.4, 0.5) is 17.6 Å². The fraction of sp³-hybridized carbons (Fsp3) is 0.333. The maximum atomic E-state index is 14.6. The van der Waals surface area contributed by atoms with Crippen molar-refractivity contribution in [3.8, 4) is 28.5 Å². The van der Waals surface area contributed by atoms with Crippen LogP contribution in [0.3, 0.4) is 0 Å². The van der Waals surface area contributed by atoms with Crippen LogP contribution in [0.25, 0.3) is 11.3 Å². The third-order valence-electron chi connectivity index (χ3n) is 5.90. The Morgan fingerprint density at radius 3 is 2.27 bits per heavy atom. The number of methoxy groups -OCH3 is 3. The van der Waals surface area contributed by atoms with Crippen molar-refractivity contribution in [3.63, 3.8) is 0 Å². The van der Waals surface area contributed by atoms with Crippen LogP contribution in [0, 0.1) is 5.82 Å². The maximum Gasteiger partial charge on any atom is 0.425 e. The van der Waals surface area contributed by atoms with E-state index in [0.29, 0.717) is 0 Å². The molecule has 2 aromatic carbocycles. The van der Waals surface area contributed by atoms with Gasteiger partial charge in [0.05, 0.1) is 37.6 Å². The molecule has 0 aliphatic heterocycles. The topological polar surface area (TPSA) is 99.1 Å². The number of alkyl halides is 3. The maximum absolute atomic E-state index is 14.6. The van der Waals surface area contributed by atoms with E-state index in [1.807, 2.05) is 0 Å². The number of nitrogens with zero attached hydrogens (tertiary/aromatic N) is 1. The van der Waals surface area contributed by atoms with E-state index in [1.54, 1.807) is 0 Å². The van der Waals surface area contributed by atoms with Gasteiger partial charge in [0.1, 0.15) is 23.9 Å². The van der Waals surface area contributed by atoms with Crippen molar-refractivity contribution in [2.24, 2.45) is 0 Å². The first-order valence-electron chi connectivity index (χ1n) is 11.8. The summed E-state index contributed by atoms with van der Waals surface area (Å²) in [6.07, 6.45) is -5.80. The van der Waals surface area contributed by atoms with Gasteiger partial charge in [0.2, 0.25) is 5.60 Å². The largest absolute Gasteiger partial charge is 0.494 e. The number of carbonyl (C=O) groups is 1. The highest BCUT2D eigenvalue weighted by Crippen LogP contribution is 2.43. The number of rotatable bonds is 11. The molecule has 1 heterocycles. The Labute approximate surface area is 232 Å². The summed E-state index contributed by atoms with van der Waals surface area (Å²) in [6, 6.07) is 9.89. The molecule has 0 aliphatic carbocycles. The van der Waals surface area contributed by atoms with Crippen LogP contribution in [0.1, 0.15) is 23.0 Å². The second-order valence-corrected chi connectivity index (χ2v) is 9.02. The van der Waals surface area contributed by atoms with Crippen LogP contribution in [-0.4, -0.2) is 62.8 Å². The second kappa shape index (κ2) is 12.7. The van der Waals surface area contributed by atoms with Gasteiger partial charge in [-0.3, -0.25) is 4.79 Å². The van der Waals surface area contributed by atoms with Crippen molar-refractivity contribution in [1.29, 1.82) is 0 Å². The van der Waals surface area contributed by atoms with E-state index in [1.165, 1.54) is 57.5 Å². The minimum atomic E-state index is -5.04. The smallest absolute Gasteiger partial charge is 0.425 e. The number of aliphatic hydroxyl groups is 1. The molecule has 2 atom stereocenters. The lowest BCUT2D eigenvalue weighted by molar-refractivity contribution is -0.275. The zero-order chi connectivity index (χ0) is 29.7. The zero-order valence-corrected chi connectivity index (χ0v) is 22.7. The highest BCUT2D eigenvalue weighted by atomic mass is 35.5. The second-order valence-electron chi connectivity index (χ2n) is 8.61. The van der Waals surface area contributed by atoms with E-state index in [-0.39, 0.29) is 45.7 Å². The number of carbonyl (C=O) groups excluding carboxylic acids is 1. The first-order chi connectivity index (χ1) is 18.9. The molecule has 0 saturated carbocycles. The van der Waals surface area contributed by atoms with Gasteiger partial charge in [-0.2, -0.15) is 13.2 Å². The minimum absolute atomic E-state index is 0.0160. The predicted octanol–water partition coefficient (Wildman–Crippen LogP) is 5.15. The molecule has 0 radical (unpaired) electrons. The molecule has 40 heavy (non-hydrogen) atoms. The third kappa shape index (κ3) is 6.57. The number of ether oxygens (including phenoxy) is 4. The van der Waals surface area contributed by atoms with Gasteiger partial charge in [0.15, 0.2) is 11.5 Å². The molecular weight excluding hydrogens is 560 g/mol. The van der Waals surface area contributed by atoms with Gasteiger partial charge >= 0.3 is 6.18 Å². The normalized spacial score (nSPS) is 13.8. The van der Waals surface area contributed by atoms with E-state index >= 15 is 0 Å². The lowest BCUT2D eigenvalue weighted by Crippen LogP contribution is -2.53. The molecule has 13 heteroatoms. The van der Waals surface area contributed by atoms with Crippen LogP contribution in [-0.2, 0) is 10.3 Å². The number of aromatic nitrogens is 1. The first kappa shape index (κ1) is 30.9. The van der Waals surface area contributed by atoms with E-state index in [4.69, 9.17) is 30.5 Å². The average Bonchev–Trinajstić information content (AvgIpc) is 2.92. The number of nitrogens with one attached hydrogen (secondary N) is 1. The van der Waals surface area contributed by atoms with Gasteiger partial charge < -0.3 is 29.4 Å². The van der Waals surface area contributed by atoms with Crippen LogP contribution >= 0.6 is 11.6 Å². The van der Waals surface area contributed by atoms with Crippen molar-refractivity contribution in [2.75, 3.05) is 34.5 Å². The summed E-state index contributed by atoms with van der Waals surface area (Å²) in [5, 5.41) is 11.4. The Hall–Kier alpha value is -3.61. The summed E-state index contributed by atoms with van der Waals surface area (Å²) in [7, 11) is 3.47. The Morgan fingerprint density at radius 1 is 1.02 bits per heavy atom. The first-order valence-corrected chi connectivity index (χ1v) is 12.1. The summed E-state index contributed by atoms with van der Waals surface area (Å²) in [5.41, 5.74) is -3.52. The Kier molecular flexibility index (Phi) is 9.82. The fourth-order valence-corrected chi connectivity index (χ4v) is 3.94. The molecule has 216 valence electrons. The fourth-order valence-electron chi connectivity index (χ4n) is 3.76. The van der Waals surface area contributed by atoms with Crippen LogP contribution in [0.5, 0.6) is 17.2 Å². The predicted molar refractivity (Wildman–Crippen MR) is 138 cm³/mol. The van der Waals surface area contributed by atoms with Gasteiger partial charge in [0, 0.05) is 18.2 Å². The molecule has 0 spiro atoms. The number of hydrogen-bond acceptors (Lipinski definition) is 7. The molecule has 3 rings (SSSR count). The van der Waals surface area contributed by atoms with E-state index in [9.17, 15) is 27.5 Å². The quantitative estimate of drug-likeness (QED) is 0.300. The standard InChI is InChI=1S/C27H27ClF4N2O6/c1-15(35)13-40-20-8-6-17(12-22(20)38-3)25(36)33-14-26(39-4,27(30,31)32)23-10-9-21(37-2)24(34-23)16-5-7-19(29)18(28)11-16/h5-12,15,35H,13-14H2,1-4H3,(H,33,36). The van der Waals surface area contributed by atoms with Crippen molar-refractivity contribution >= 4 is 17.5 Å². The lowest BCUT2D eigenvalue weighted by atomic mass is 9.96. The minimum Gasteiger partial charge on any atom is -0.494 e. The number of halogens is 5. The summed E-state index contributed by atoms with van der Waals surface area (Å²) >= 11 is 5.87. The molecule has 1 aromatic heterocycles. The lowest BCUT2D eigenvalue weighted by Gasteiger charge is -2.34. The molecule has 0 bridgehead atoms. The number of pyridine rings is 1. The molecule has 2 unspecified atom stereocenters. The van der Waals surface area contributed by atoms with Crippen molar-refractivity contribution in [3.05, 3.63) is 70.6 Å². The monoisotopic (exact) mass is 586 g/mol. The number of amides is 1. The van der Waals surface area contributed by atoms with Gasteiger partial charge in [-0.05, 0) is 55.5 Å². The van der Waals surface area contributed by atoms with E-state index < -0.39 is 41.8 Å². The van der Waals surface area contributed by atoms with Crippen molar-refractivity contribution in [1.82, 2.24) is 10.3 Å². The Morgan fingerprint density at radius 2 is 1.70 bits per heavy atom. The van der Waals surface area contributed by atoms with Gasteiger partial charge in [0.25, 0.3) is 5.91 Å². The average molecular weight is 587 g/mol. The molecule has 0 saturated heterocycles. The SMILES string of the molecule is COc1cc(C(=O)NCC(OC)(c2ccc(OC)c(-c3ccc(F)c(Cl)c3)n2)C(F)(F)F)ccc1OCC(C)O. The highest BCUT2D eigenvalue weighted by molar-refractivity contribution is 6.31. The molecule has 8 nitrogen and oxygen atoms in total. The summed E-state index contributed by atoms with van der Waals surface area (Å²) in [5.74, 6) is -1.10. The summed E-state index contributed by atoms with van der Waals surface area (Å²) in [6.45, 7) is 0.439. The highest BCUT2D eigenvalue weighted by Gasteiger charge is 2.58. The number of benzene rings is 2. The molecular formula is C27H27ClF4N2O6. The molecule has 2 N–H and O–H groups in total. The Balaban J connectivity index is 1.97. The molecule has 3 aromatic rings. The Bertz CT molecular complexity index is 1360. The van der Waals surface area contributed by atoms with Crippen LogP contribution in [0.2, 0.25) is 5.02 Å². The van der Waals surface area contributed by atoms with E-state index in [0.717, 1.165) is 19.2 Å². The van der Waals surface area contributed by atoms with Crippen LogP contribution < -0.4 is 19.5 Å². The molecule has 0 aliphatic rings. The summed E-state index contributed by atoms with van der Waals surface area (Å²) in [4.78, 5) is 17.1.